The number of halogens is 1. The number of carbonyl (C=O) groups excluding carboxylic acids is 1. The molecule has 1 heterocycles. The summed E-state index contributed by atoms with van der Waals surface area (Å²) in [5.74, 6) is 0.362. The molecule has 0 saturated carbocycles. The van der Waals surface area contributed by atoms with Crippen LogP contribution in [0, 0.1) is 12.7 Å². The lowest BCUT2D eigenvalue weighted by molar-refractivity contribution is 0.250. The van der Waals surface area contributed by atoms with Crippen molar-refractivity contribution in [1.82, 2.24) is 0 Å². The summed E-state index contributed by atoms with van der Waals surface area (Å²) in [6, 6.07) is 11.2. The van der Waals surface area contributed by atoms with E-state index in [0.29, 0.717) is 24.6 Å². The van der Waals surface area contributed by atoms with Crippen LogP contribution in [0.1, 0.15) is 5.56 Å². The minimum Gasteiger partial charge on any atom is -0.490 e. The molecule has 3 rings (SSSR count). The largest absolute Gasteiger partial charge is 0.490 e. The van der Waals surface area contributed by atoms with Crippen molar-refractivity contribution in [2.45, 2.75) is 6.92 Å². The Morgan fingerprint density at radius 2 is 2.00 bits per heavy atom. The molecule has 0 unspecified atom stereocenters. The molecule has 21 heavy (non-hydrogen) atoms. The molecule has 4 nitrogen and oxygen atoms in total. The minimum absolute atomic E-state index is 0.253. The summed E-state index contributed by atoms with van der Waals surface area (Å²) in [5.41, 5.74) is 2.36. The van der Waals surface area contributed by atoms with Crippen molar-refractivity contribution >= 4 is 17.4 Å². The zero-order valence-corrected chi connectivity index (χ0v) is 11.6. The van der Waals surface area contributed by atoms with Gasteiger partial charge in [0.25, 0.3) is 0 Å². The normalized spacial score (nSPS) is 13.3. The average Bonchev–Trinajstić information content (AvgIpc) is 2.49. The smallest absolute Gasteiger partial charge is 0.326 e. The van der Waals surface area contributed by atoms with Crippen molar-refractivity contribution in [3.05, 3.63) is 53.8 Å². The Labute approximate surface area is 122 Å². The third kappa shape index (κ3) is 2.81. The molecular weight excluding hydrogens is 271 g/mol. The second kappa shape index (κ2) is 5.44. The van der Waals surface area contributed by atoms with Gasteiger partial charge in [0.2, 0.25) is 0 Å². The molecule has 1 N–H and O–H groups in total. The number of aryl methyl sites for hydroxylation is 1. The number of fused-ring (bicyclic) bond motifs is 1. The van der Waals surface area contributed by atoms with Gasteiger partial charge < -0.3 is 10.1 Å². The van der Waals surface area contributed by atoms with Gasteiger partial charge in [0.1, 0.15) is 18.2 Å². The van der Waals surface area contributed by atoms with Gasteiger partial charge in [0, 0.05) is 5.69 Å². The standard InChI is InChI=1S/C16H15FN2O2/c1-11-2-7-15-14(10-11)19(8-9-21-15)16(20)18-13-5-3-12(17)4-6-13/h2-7,10H,8-9H2,1H3,(H,18,20). The quantitative estimate of drug-likeness (QED) is 0.870. The summed E-state index contributed by atoms with van der Waals surface area (Å²) in [6.07, 6.45) is 0. The van der Waals surface area contributed by atoms with Gasteiger partial charge in [-0.2, -0.15) is 0 Å². The van der Waals surface area contributed by atoms with E-state index in [1.165, 1.54) is 24.3 Å². The lowest BCUT2D eigenvalue weighted by Gasteiger charge is -2.29. The molecular formula is C16H15FN2O2. The predicted octanol–water partition coefficient (Wildman–Crippen LogP) is 3.57. The van der Waals surface area contributed by atoms with Gasteiger partial charge in [0.05, 0.1) is 12.2 Å². The molecule has 2 amide bonds. The van der Waals surface area contributed by atoms with Crippen LogP contribution in [0.3, 0.4) is 0 Å². The Bertz CT molecular complexity index is 670. The molecule has 5 heteroatoms. The summed E-state index contributed by atoms with van der Waals surface area (Å²) >= 11 is 0. The maximum absolute atomic E-state index is 12.9. The lowest BCUT2D eigenvalue weighted by atomic mass is 10.1. The van der Waals surface area contributed by atoms with Crippen LogP contribution in [0.2, 0.25) is 0 Å². The van der Waals surface area contributed by atoms with Gasteiger partial charge >= 0.3 is 6.03 Å². The van der Waals surface area contributed by atoms with Gasteiger partial charge in [-0.3, -0.25) is 4.90 Å². The zero-order chi connectivity index (χ0) is 14.8. The Morgan fingerprint density at radius 1 is 1.24 bits per heavy atom. The van der Waals surface area contributed by atoms with Crippen LogP contribution in [0.4, 0.5) is 20.6 Å². The van der Waals surface area contributed by atoms with E-state index >= 15 is 0 Å². The molecule has 108 valence electrons. The Hall–Kier alpha value is -2.56. The Kier molecular flexibility index (Phi) is 3.48. The van der Waals surface area contributed by atoms with Gasteiger partial charge in [0.15, 0.2) is 0 Å². The monoisotopic (exact) mass is 286 g/mol. The Morgan fingerprint density at radius 3 is 2.76 bits per heavy atom. The number of ether oxygens (including phenoxy) is 1. The molecule has 0 fully saturated rings. The number of hydrogen-bond acceptors (Lipinski definition) is 2. The van der Waals surface area contributed by atoms with Crippen LogP contribution in [-0.2, 0) is 0 Å². The van der Waals surface area contributed by atoms with Gasteiger partial charge in [-0.15, -0.1) is 0 Å². The van der Waals surface area contributed by atoms with Crippen molar-refractivity contribution in [2.24, 2.45) is 0 Å². The van der Waals surface area contributed by atoms with Crippen LogP contribution in [-0.4, -0.2) is 19.2 Å². The van der Waals surface area contributed by atoms with Crippen molar-refractivity contribution in [2.75, 3.05) is 23.4 Å². The van der Waals surface area contributed by atoms with Crippen molar-refractivity contribution < 1.29 is 13.9 Å². The summed E-state index contributed by atoms with van der Waals surface area (Å²) in [4.78, 5) is 14.0. The third-order valence-corrected chi connectivity index (χ3v) is 3.32. The first-order chi connectivity index (χ1) is 10.1. The second-order valence-electron chi connectivity index (χ2n) is 4.91. The average molecular weight is 286 g/mol. The highest BCUT2D eigenvalue weighted by Gasteiger charge is 2.23. The van der Waals surface area contributed by atoms with E-state index in [4.69, 9.17) is 4.74 Å². The molecule has 0 saturated heterocycles. The topological polar surface area (TPSA) is 41.6 Å². The number of carbonyl (C=O) groups is 1. The third-order valence-electron chi connectivity index (χ3n) is 3.32. The molecule has 0 spiro atoms. The molecule has 0 aliphatic carbocycles. The van der Waals surface area contributed by atoms with Crippen molar-refractivity contribution in [3.8, 4) is 5.75 Å². The van der Waals surface area contributed by atoms with Crippen LogP contribution < -0.4 is 15.0 Å². The van der Waals surface area contributed by atoms with Crippen LogP contribution in [0.5, 0.6) is 5.75 Å². The maximum Gasteiger partial charge on any atom is 0.326 e. The number of rotatable bonds is 1. The number of urea groups is 1. The summed E-state index contributed by atoms with van der Waals surface area (Å²) < 4.78 is 18.4. The highest BCUT2D eigenvalue weighted by Crippen LogP contribution is 2.32. The van der Waals surface area contributed by atoms with E-state index in [-0.39, 0.29) is 11.8 Å². The number of nitrogens with zero attached hydrogens (tertiary/aromatic N) is 1. The zero-order valence-electron chi connectivity index (χ0n) is 11.6. The number of hydrogen-bond donors (Lipinski definition) is 1. The number of anilines is 2. The summed E-state index contributed by atoms with van der Waals surface area (Å²) in [5, 5.41) is 2.76. The first-order valence-corrected chi connectivity index (χ1v) is 6.71. The van der Waals surface area contributed by atoms with E-state index in [1.54, 1.807) is 4.90 Å². The van der Waals surface area contributed by atoms with E-state index in [9.17, 15) is 9.18 Å². The number of benzene rings is 2. The maximum atomic E-state index is 12.9. The first-order valence-electron chi connectivity index (χ1n) is 6.71. The molecule has 0 atom stereocenters. The van der Waals surface area contributed by atoms with Crippen LogP contribution in [0.25, 0.3) is 0 Å². The van der Waals surface area contributed by atoms with E-state index in [1.807, 2.05) is 25.1 Å². The van der Waals surface area contributed by atoms with Gasteiger partial charge in [-0.1, -0.05) is 6.07 Å². The number of nitrogens with one attached hydrogen (secondary N) is 1. The molecule has 1 aliphatic heterocycles. The van der Waals surface area contributed by atoms with Crippen LogP contribution in [0.15, 0.2) is 42.5 Å². The van der Waals surface area contributed by atoms with E-state index in [2.05, 4.69) is 5.32 Å². The summed E-state index contributed by atoms with van der Waals surface area (Å²) in [7, 11) is 0. The van der Waals surface area contributed by atoms with Crippen molar-refractivity contribution in [3.63, 3.8) is 0 Å². The molecule has 2 aromatic rings. The predicted molar refractivity (Wildman–Crippen MR) is 79.4 cm³/mol. The van der Waals surface area contributed by atoms with Gasteiger partial charge in [-0.05, 0) is 48.9 Å². The Balaban J connectivity index is 1.83. The minimum atomic E-state index is -0.333. The second-order valence-corrected chi connectivity index (χ2v) is 4.91. The SMILES string of the molecule is Cc1ccc2c(c1)N(C(=O)Nc1ccc(F)cc1)CCO2. The summed E-state index contributed by atoms with van der Waals surface area (Å²) in [6.45, 7) is 2.89. The fraction of sp³-hybridized carbons (Fsp3) is 0.188. The first kappa shape index (κ1) is 13.4. The molecule has 2 aromatic carbocycles. The fourth-order valence-electron chi connectivity index (χ4n) is 2.26. The fourth-order valence-corrected chi connectivity index (χ4v) is 2.26. The highest BCUT2D eigenvalue weighted by molar-refractivity contribution is 6.03. The molecule has 0 radical (unpaired) electrons. The highest BCUT2D eigenvalue weighted by atomic mass is 19.1. The molecule has 0 bridgehead atoms. The van der Waals surface area contributed by atoms with Crippen LogP contribution >= 0.6 is 0 Å². The number of amides is 2. The molecule has 1 aliphatic rings. The van der Waals surface area contributed by atoms with E-state index < -0.39 is 0 Å². The van der Waals surface area contributed by atoms with Gasteiger partial charge in [-0.25, -0.2) is 9.18 Å². The van der Waals surface area contributed by atoms with Crippen molar-refractivity contribution in [1.29, 1.82) is 0 Å². The lowest BCUT2D eigenvalue weighted by Crippen LogP contribution is -2.40. The van der Waals surface area contributed by atoms with E-state index in [0.717, 1.165) is 11.3 Å². The molecule has 0 aromatic heterocycles.